The van der Waals surface area contributed by atoms with E-state index in [0.29, 0.717) is 6.42 Å². The molecule has 0 aromatic carbocycles. The summed E-state index contributed by atoms with van der Waals surface area (Å²) in [7, 11) is 0. The van der Waals surface area contributed by atoms with Crippen molar-refractivity contribution in [2.24, 2.45) is 17.8 Å². The molecule has 134 valence electrons. The van der Waals surface area contributed by atoms with Gasteiger partial charge in [-0.15, -0.1) is 0 Å². The first-order chi connectivity index (χ1) is 11.8. The summed E-state index contributed by atoms with van der Waals surface area (Å²) < 4.78 is 11.0. The van der Waals surface area contributed by atoms with Crippen LogP contribution in [0.4, 0.5) is 0 Å². The average molecular weight is 346 g/mol. The maximum atomic E-state index is 12.1. The fourth-order valence-corrected chi connectivity index (χ4v) is 4.25. The Hall–Kier alpha value is -2.18. The van der Waals surface area contributed by atoms with Gasteiger partial charge in [0.15, 0.2) is 0 Å². The van der Waals surface area contributed by atoms with Crippen molar-refractivity contribution >= 4 is 11.9 Å². The minimum atomic E-state index is -0.738. The summed E-state index contributed by atoms with van der Waals surface area (Å²) >= 11 is 0. The standard InChI is InChI=1S/C19H22O6/c1-8-5-12(21)14-9(2)6-13(24-18(22)10(3)7-20)16-11(4)19(23)25-17(16)15(8)14/h12-17,20-21H,1-7H2. The first kappa shape index (κ1) is 17.6. The minimum absolute atomic E-state index is 0.0769. The molecule has 0 amide bonds. The quantitative estimate of drug-likeness (QED) is 0.451. The molecular formula is C19H22O6. The van der Waals surface area contributed by atoms with E-state index in [9.17, 15) is 14.7 Å². The molecule has 6 nitrogen and oxygen atoms in total. The van der Waals surface area contributed by atoms with Crippen LogP contribution in [0.2, 0.25) is 0 Å². The summed E-state index contributed by atoms with van der Waals surface area (Å²) in [6.45, 7) is 14.8. The second kappa shape index (κ2) is 6.28. The predicted molar refractivity (Wildman–Crippen MR) is 89.1 cm³/mol. The van der Waals surface area contributed by atoms with E-state index in [1.165, 1.54) is 0 Å². The normalized spacial score (nSPS) is 37.2. The zero-order valence-corrected chi connectivity index (χ0v) is 13.9. The largest absolute Gasteiger partial charge is 0.458 e. The van der Waals surface area contributed by atoms with Crippen LogP contribution in [0.25, 0.3) is 0 Å². The highest BCUT2D eigenvalue weighted by molar-refractivity contribution is 5.92. The van der Waals surface area contributed by atoms with Crippen molar-refractivity contribution in [2.45, 2.75) is 31.2 Å². The lowest BCUT2D eigenvalue weighted by Crippen LogP contribution is -2.36. The summed E-state index contributed by atoms with van der Waals surface area (Å²) in [5.41, 5.74) is 1.68. The number of hydrogen-bond acceptors (Lipinski definition) is 6. The number of aliphatic hydroxyl groups is 2. The van der Waals surface area contributed by atoms with Gasteiger partial charge in [0.05, 0.1) is 24.2 Å². The van der Waals surface area contributed by atoms with E-state index in [4.69, 9.17) is 14.6 Å². The van der Waals surface area contributed by atoms with Gasteiger partial charge >= 0.3 is 11.9 Å². The topological polar surface area (TPSA) is 93.1 Å². The molecule has 3 aliphatic rings. The molecule has 2 saturated carbocycles. The third-order valence-corrected chi connectivity index (χ3v) is 5.43. The van der Waals surface area contributed by atoms with Gasteiger partial charge < -0.3 is 19.7 Å². The van der Waals surface area contributed by atoms with Gasteiger partial charge in [0.25, 0.3) is 0 Å². The van der Waals surface area contributed by atoms with Crippen molar-refractivity contribution in [1.29, 1.82) is 0 Å². The van der Waals surface area contributed by atoms with Gasteiger partial charge in [0.1, 0.15) is 12.2 Å². The summed E-state index contributed by atoms with van der Waals surface area (Å²) in [4.78, 5) is 24.2. The van der Waals surface area contributed by atoms with Crippen LogP contribution in [0.3, 0.4) is 0 Å². The molecule has 6 unspecified atom stereocenters. The van der Waals surface area contributed by atoms with Crippen LogP contribution in [0.15, 0.2) is 48.6 Å². The summed E-state index contributed by atoms with van der Waals surface area (Å²) in [5, 5.41) is 19.5. The van der Waals surface area contributed by atoms with Crippen molar-refractivity contribution in [3.8, 4) is 0 Å². The first-order valence-corrected chi connectivity index (χ1v) is 8.19. The monoisotopic (exact) mass is 346 g/mol. The lowest BCUT2D eigenvalue weighted by atomic mass is 9.81. The van der Waals surface area contributed by atoms with Gasteiger partial charge in [-0.25, -0.2) is 9.59 Å². The number of rotatable bonds is 3. The molecule has 0 aromatic rings. The Labute approximate surface area is 146 Å². The molecule has 1 heterocycles. The number of hydrogen-bond donors (Lipinski definition) is 2. The maximum Gasteiger partial charge on any atom is 0.336 e. The second-order valence-electron chi connectivity index (χ2n) is 6.97. The van der Waals surface area contributed by atoms with Crippen LogP contribution in [-0.2, 0) is 19.1 Å². The SMILES string of the molecule is C=C(CO)C(=O)OC1CC(=C)C2C(O)CC(=C)C2C2OC(=O)C(=C)C12. The van der Waals surface area contributed by atoms with Crippen molar-refractivity contribution in [1.82, 2.24) is 0 Å². The minimum Gasteiger partial charge on any atom is -0.458 e. The molecule has 2 aliphatic carbocycles. The molecule has 1 aliphatic heterocycles. The van der Waals surface area contributed by atoms with Crippen LogP contribution in [0.5, 0.6) is 0 Å². The third-order valence-electron chi connectivity index (χ3n) is 5.43. The second-order valence-corrected chi connectivity index (χ2v) is 6.97. The van der Waals surface area contributed by atoms with Gasteiger partial charge in [0.2, 0.25) is 0 Å². The molecule has 2 N–H and O–H groups in total. The maximum absolute atomic E-state index is 12.1. The smallest absolute Gasteiger partial charge is 0.336 e. The number of carbonyl (C=O) groups excluding carboxylic acids is 2. The molecule has 3 rings (SSSR count). The Morgan fingerprint density at radius 2 is 1.80 bits per heavy atom. The van der Waals surface area contributed by atoms with Gasteiger partial charge in [0, 0.05) is 23.8 Å². The van der Waals surface area contributed by atoms with E-state index in [1.54, 1.807) is 0 Å². The highest BCUT2D eigenvalue weighted by atomic mass is 16.6. The molecule has 6 heteroatoms. The zero-order valence-electron chi connectivity index (χ0n) is 13.9. The number of carbonyl (C=O) groups is 2. The fourth-order valence-electron chi connectivity index (χ4n) is 4.25. The Morgan fingerprint density at radius 3 is 2.44 bits per heavy atom. The van der Waals surface area contributed by atoms with Gasteiger partial charge in [-0.2, -0.15) is 0 Å². The van der Waals surface area contributed by atoms with Gasteiger partial charge in [-0.1, -0.05) is 37.5 Å². The van der Waals surface area contributed by atoms with Crippen molar-refractivity contribution in [3.63, 3.8) is 0 Å². The van der Waals surface area contributed by atoms with E-state index in [2.05, 4.69) is 26.3 Å². The number of ether oxygens (including phenoxy) is 2. The highest BCUT2D eigenvalue weighted by Crippen LogP contribution is 2.52. The molecule has 6 atom stereocenters. The fraction of sp³-hybridized carbons (Fsp3) is 0.474. The molecule has 0 radical (unpaired) electrons. The first-order valence-electron chi connectivity index (χ1n) is 8.19. The predicted octanol–water partition coefficient (Wildman–Crippen LogP) is 1.06. The van der Waals surface area contributed by atoms with E-state index < -0.39 is 42.8 Å². The Morgan fingerprint density at radius 1 is 1.16 bits per heavy atom. The third kappa shape index (κ3) is 2.75. The van der Waals surface area contributed by atoms with Crippen molar-refractivity contribution in [2.75, 3.05) is 6.61 Å². The van der Waals surface area contributed by atoms with Crippen LogP contribution < -0.4 is 0 Å². The lowest BCUT2D eigenvalue weighted by Gasteiger charge is -2.28. The molecule has 0 spiro atoms. The molecular weight excluding hydrogens is 324 g/mol. The summed E-state index contributed by atoms with van der Waals surface area (Å²) in [5.74, 6) is -2.39. The van der Waals surface area contributed by atoms with E-state index >= 15 is 0 Å². The summed E-state index contributed by atoms with van der Waals surface area (Å²) in [6, 6.07) is 0. The van der Waals surface area contributed by atoms with E-state index in [1.807, 2.05) is 0 Å². The number of fused-ring (bicyclic) bond motifs is 3. The number of aliphatic hydroxyl groups excluding tert-OH is 2. The Bertz CT molecular complexity index is 690. The van der Waals surface area contributed by atoms with Crippen molar-refractivity contribution in [3.05, 3.63) is 48.6 Å². The molecule has 25 heavy (non-hydrogen) atoms. The van der Waals surface area contributed by atoms with E-state index in [-0.39, 0.29) is 29.4 Å². The van der Waals surface area contributed by atoms with Crippen LogP contribution in [0, 0.1) is 17.8 Å². The highest BCUT2D eigenvalue weighted by Gasteiger charge is 2.57. The molecule has 0 aromatic heterocycles. The van der Waals surface area contributed by atoms with Crippen LogP contribution >= 0.6 is 0 Å². The van der Waals surface area contributed by atoms with Crippen LogP contribution in [0.1, 0.15) is 12.8 Å². The zero-order chi connectivity index (χ0) is 18.5. The molecule has 0 bridgehead atoms. The number of esters is 2. The average Bonchev–Trinajstić information content (AvgIpc) is 2.96. The molecule has 3 fully saturated rings. The lowest BCUT2D eigenvalue weighted by molar-refractivity contribution is -0.148. The Kier molecular flexibility index (Phi) is 4.43. The Balaban J connectivity index is 1.98. The van der Waals surface area contributed by atoms with Crippen LogP contribution in [-0.4, -0.2) is 47.1 Å². The van der Waals surface area contributed by atoms with Gasteiger partial charge in [-0.05, 0) is 6.42 Å². The van der Waals surface area contributed by atoms with E-state index in [0.717, 1.165) is 11.1 Å². The van der Waals surface area contributed by atoms with Gasteiger partial charge in [-0.3, -0.25) is 0 Å². The summed E-state index contributed by atoms with van der Waals surface area (Å²) in [6.07, 6.45) is -1.29. The van der Waals surface area contributed by atoms with Crippen molar-refractivity contribution < 1.29 is 29.3 Å². The molecule has 1 saturated heterocycles.